The lowest BCUT2D eigenvalue weighted by Crippen LogP contribution is -2.43. The molecule has 0 radical (unpaired) electrons. The van der Waals surface area contributed by atoms with Gasteiger partial charge in [-0.15, -0.1) is 0 Å². The molecule has 0 bridgehead atoms. The maximum Gasteiger partial charge on any atom is 0.471 e. The van der Waals surface area contributed by atoms with Crippen molar-refractivity contribution in [3.05, 3.63) is 23.8 Å². The highest BCUT2D eigenvalue weighted by molar-refractivity contribution is 5.99. The van der Waals surface area contributed by atoms with Crippen LogP contribution in [-0.2, 0) is 4.79 Å². The molecule has 1 saturated heterocycles. The van der Waals surface area contributed by atoms with E-state index in [-0.39, 0.29) is 38.2 Å². The van der Waals surface area contributed by atoms with Crippen LogP contribution in [0.2, 0.25) is 0 Å². The average Bonchev–Trinajstić information content (AvgIpc) is 2.84. The summed E-state index contributed by atoms with van der Waals surface area (Å²) in [7, 11) is 2.83. The van der Waals surface area contributed by atoms with Crippen molar-refractivity contribution in [2.45, 2.75) is 12.6 Å². The van der Waals surface area contributed by atoms with E-state index in [0.717, 1.165) is 4.90 Å². The van der Waals surface area contributed by atoms with E-state index in [4.69, 9.17) is 9.47 Å². The molecule has 25 heavy (non-hydrogen) atoms. The van der Waals surface area contributed by atoms with Crippen LogP contribution >= 0.6 is 0 Å². The fraction of sp³-hybridized carbons (Fsp3) is 0.500. The molecule has 0 unspecified atom stereocenters. The molecule has 0 aliphatic carbocycles. The van der Waals surface area contributed by atoms with E-state index in [2.05, 4.69) is 0 Å². The molecule has 1 aliphatic heterocycles. The zero-order valence-corrected chi connectivity index (χ0v) is 13.9. The maximum atomic E-state index is 12.8. The number of hydrogen-bond acceptors (Lipinski definition) is 4. The van der Waals surface area contributed by atoms with Crippen LogP contribution in [0.4, 0.5) is 13.2 Å². The van der Waals surface area contributed by atoms with E-state index in [1.807, 2.05) is 0 Å². The van der Waals surface area contributed by atoms with E-state index in [0.29, 0.717) is 11.5 Å². The quantitative estimate of drug-likeness (QED) is 0.827. The van der Waals surface area contributed by atoms with Crippen molar-refractivity contribution >= 4 is 11.8 Å². The van der Waals surface area contributed by atoms with E-state index in [9.17, 15) is 22.8 Å². The molecule has 0 N–H and O–H groups in total. The number of halogens is 3. The largest absolute Gasteiger partial charge is 0.496 e. The summed E-state index contributed by atoms with van der Waals surface area (Å²) in [6.45, 7) is 0.0102. The molecule has 6 nitrogen and oxygen atoms in total. The summed E-state index contributed by atoms with van der Waals surface area (Å²) in [6.07, 6.45) is -4.66. The third-order valence-corrected chi connectivity index (χ3v) is 3.95. The van der Waals surface area contributed by atoms with Gasteiger partial charge in [0, 0.05) is 26.2 Å². The van der Waals surface area contributed by atoms with Crippen molar-refractivity contribution in [3.63, 3.8) is 0 Å². The first-order chi connectivity index (χ1) is 11.8. The highest BCUT2D eigenvalue weighted by Crippen LogP contribution is 2.30. The van der Waals surface area contributed by atoms with Gasteiger partial charge in [0.1, 0.15) is 17.1 Å². The number of nitrogens with zero attached hydrogens (tertiary/aromatic N) is 2. The minimum Gasteiger partial charge on any atom is -0.496 e. The van der Waals surface area contributed by atoms with Crippen molar-refractivity contribution in [2.24, 2.45) is 0 Å². The van der Waals surface area contributed by atoms with Crippen molar-refractivity contribution in [1.29, 1.82) is 0 Å². The predicted molar refractivity (Wildman–Crippen MR) is 82.7 cm³/mol. The van der Waals surface area contributed by atoms with Gasteiger partial charge in [0.15, 0.2) is 0 Å². The molecule has 1 heterocycles. The number of carbonyl (C=O) groups excluding carboxylic acids is 2. The van der Waals surface area contributed by atoms with Gasteiger partial charge in [-0.2, -0.15) is 13.2 Å². The van der Waals surface area contributed by atoms with Crippen LogP contribution in [0, 0.1) is 0 Å². The summed E-state index contributed by atoms with van der Waals surface area (Å²) >= 11 is 0. The second-order valence-corrected chi connectivity index (χ2v) is 5.47. The van der Waals surface area contributed by atoms with Crippen LogP contribution in [0.25, 0.3) is 0 Å². The highest BCUT2D eigenvalue weighted by atomic mass is 19.4. The van der Waals surface area contributed by atoms with Gasteiger partial charge >= 0.3 is 12.1 Å². The van der Waals surface area contributed by atoms with Crippen LogP contribution < -0.4 is 9.47 Å². The molecule has 1 aromatic carbocycles. The molecule has 2 amide bonds. The van der Waals surface area contributed by atoms with Gasteiger partial charge in [0.25, 0.3) is 5.91 Å². The molecule has 1 fully saturated rings. The van der Waals surface area contributed by atoms with E-state index in [1.54, 1.807) is 18.2 Å². The molecule has 0 atom stereocenters. The number of ether oxygens (including phenoxy) is 2. The second-order valence-electron chi connectivity index (χ2n) is 5.47. The Morgan fingerprint density at radius 1 is 0.960 bits per heavy atom. The Morgan fingerprint density at radius 2 is 1.48 bits per heavy atom. The molecule has 138 valence electrons. The smallest absolute Gasteiger partial charge is 0.471 e. The summed E-state index contributed by atoms with van der Waals surface area (Å²) in [5, 5.41) is 0. The lowest BCUT2D eigenvalue weighted by Gasteiger charge is -2.24. The highest BCUT2D eigenvalue weighted by Gasteiger charge is 2.43. The van der Waals surface area contributed by atoms with Crippen LogP contribution in [0.3, 0.4) is 0 Å². The molecule has 0 spiro atoms. The minimum atomic E-state index is -4.91. The lowest BCUT2D eigenvalue weighted by atomic mass is 10.1. The standard InChI is InChI=1S/C16H19F3N2O4/c1-24-11-5-3-6-12(25-2)13(11)14(22)20-7-4-8-21(10-9-20)15(23)16(17,18)19/h3,5-6H,4,7-10H2,1-2H3. The third kappa shape index (κ3) is 4.15. The van der Waals surface area contributed by atoms with E-state index in [1.165, 1.54) is 19.1 Å². The number of alkyl halides is 3. The van der Waals surface area contributed by atoms with Gasteiger partial charge in [-0.3, -0.25) is 9.59 Å². The number of carbonyl (C=O) groups is 2. The number of amides is 2. The summed E-state index contributed by atoms with van der Waals surface area (Å²) < 4.78 is 48.1. The predicted octanol–water partition coefficient (Wildman–Crippen LogP) is 1.94. The topological polar surface area (TPSA) is 59.1 Å². The number of benzene rings is 1. The Balaban J connectivity index is 2.18. The van der Waals surface area contributed by atoms with Crippen LogP contribution in [0.15, 0.2) is 18.2 Å². The number of methoxy groups -OCH3 is 2. The Morgan fingerprint density at radius 3 is 2.00 bits per heavy atom. The monoisotopic (exact) mass is 360 g/mol. The van der Waals surface area contributed by atoms with Gasteiger partial charge in [-0.25, -0.2) is 0 Å². The Kier molecular flexibility index (Phi) is 5.76. The van der Waals surface area contributed by atoms with Gasteiger partial charge in [-0.1, -0.05) is 6.07 Å². The Hall–Kier alpha value is -2.45. The zero-order chi connectivity index (χ0) is 18.6. The Bertz CT molecular complexity index is 627. The lowest BCUT2D eigenvalue weighted by molar-refractivity contribution is -0.185. The van der Waals surface area contributed by atoms with E-state index < -0.39 is 18.0 Å². The SMILES string of the molecule is COc1cccc(OC)c1C(=O)N1CCCN(C(=O)C(F)(F)F)CC1. The molecule has 1 aliphatic rings. The van der Waals surface area contributed by atoms with Gasteiger partial charge in [0.05, 0.1) is 14.2 Å². The zero-order valence-electron chi connectivity index (χ0n) is 13.9. The third-order valence-electron chi connectivity index (χ3n) is 3.95. The first kappa shape index (κ1) is 18.9. The van der Waals surface area contributed by atoms with Crippen LogP contribution in [0.1, 0.15) is 16.8 Å². The molecule has 0 aromatic heterocycles. The van der Waals surface area contributed by atoms with Crippen molar-refractivity contribution in [1.82, 2.24) is 9.80 Å². The van der Waals surface area contributed by atoms with Gasteiger partial charge < -0.3 is 19.3 Å². The molecule has 2 rings (SSSR count). The molecule has 0 saturated carbocycles. The number of hydrogen-bond donors (Lipinski definition) is 0. The fourth-order valence-electron chi connectivity index (χ4n) is 2.72. The first-order valence-corrected chi connectivity index (χ1v) is 7.66. The maximum absolute atomic E-state index is 12.8. The summed E-state index contributed by atoms with van der Waals surface area (Å²) in [4.78, 5) is 26.3. The first-order valence-electron chi connectivity index (χ1n) is 7.66. The van der Waals surface area contributed by atoms with Crippen LogP contribution in [-0.4, -0.2) is 68.2 Å². The van der Waals surface area contributed by atoms with Crippen molar-refractivity contribution < 1.29 is 32.2 Å². The molecule has 1 aromatic rings. The number of rotatable bonds is 3. The van der Waals surface area contributed by atoms with Crippen molar-refractivity contribution in [3.8, 4) is 11.5 Å². The molecule has 9 heteroatoms. The van der Waals surface area contributed by atoms with Crippen molar-refractivity contribution in [2.75, 3.05) is 40.4 Å². The average molecular weight is 360 g/mol. The van der Waals surface area contributed by atoms with Gasteiger partial charge in [-0.05, 0) is 18.6 Å². The second kappa shape index (κ2) is 7.62. The summed E-state index contributed by atoms with van der Waals surface area (Å²) in [5.74, 6) is -1.65. The molecular formula is C16H19F3N2O4. The molecular weight excluding hydrogens is 341 g/mol. The minimum absolute atomic E-state index is 0.00184. The van der Waals surface area contributed by atoms with Crippen LogP contribution in [0.5, 0.6) is 11.5 Å². The Labute approximate surface area is 143 Å². The van der Waals surface area contributed by atoms with Gasteiger partial charge in [0.2, 0.25) is 0 Å². The summed E-state index contributed by atoms with van der Waals surface area (Å²) in [6, 6.07) is 4.88. The summed E-state index contributed by atoms with van der Waals surface area (Å²) in [5.41, 5.74) is 0.211. The fourth-order valence-corrected chi connectivity index (χ4v) is 2.72. The normalized spacial score (nSPS) is 15.6. The van der Waals surface area contributed by atoms with E-state index >= 15 is 0 Å².